The van der Waals surface area contributed by atoms with E-state index in [1.165, 1.54) is 18.6 Å². The van der Waals surface area contributed by atoms with Crippen molar-refractivity contribution < 1.29 is 0 Å². The highest BCUT2D eigenvalue weighted by atomic mass is 32.2. The van der Waals surface area contributed by atoms with Crippen molar-refractivity contribution in [2.24, 2.45) is 5.41 Å². The molecule has 14 heavy (non-hydrogen) atoms. The summed E-state index contributed by atoms with van der Waals surface area (Å²) in [6.07, 6.45) is 2.56. The van der Waals surface area contributed by atoms with E-state index in [1.54, 1.807) is 0 Å². The number of nitrogens with one attached hydrogen (secondary N) is 1. The quantitative estimate of drug-likeness (QED) is 0.780. The summed E-state index contributed by atoms with van der Waals surface area (Å²) < 4.78 is 0. The highest BCUT2D eigenvalue weighted by Gasteiger charge is 2.24. The van der Waals surface area contributed by atoms with E-state index in [9.17, 15) is 0 Å². The largest absolute Gasteiger partial charge is 0.311 e. The first-order chi connectivity index (χ1) is 6.55. The van der Waals surface area contributed by atoms with Gasteiger partial charge in [-0.25, -0.2) is 0 Å². The molecule has 2 nitrogen and oxygen atoms in total. The maximum atomic E-state index is 8.89. The lowest BCUT2D eigenvalue weighted by Crippen LogP contribution is -2.43. The monoisotopic (exact) mass is 212 g/mol. The Kier molecular flexibility index (Phi) is 4.28. The van der Waals surface area contributed by atoms with Crippen LogP contribution in [0.3, 0.4) is 0 Å². The topological polar surface area (TPSA) is 35.8 Å². The zero-order chi connectivity index (χ0) is 10.6. The van der Waals surface area contributed by atoms with E-state index >= 15 is 0 Å². The molecule has 1 rings (SSSR count). The van der Waals surface area contributed by atoms with Crippen LogP contribution in [-0.2, 0) is 0 Å². The minimum Gasteiger partial charge on any atom is -0.311 e. The Hall–Kier alpha value is -0.200. The minimum atomic E-state index is -0.234. The molecule has 1 N–H and O–H groups in total. The predicted octanol–water partition coefficient (Wildman–Crippen LogP) is 2.41. The van der Waals surface area contributed by atoms with E-state index in [2.05, 4.69) is 18.3 Å². The highest BCUT2D eigenvalue weighted by molar-refractivity contribution is 7.99. The number of nitriles is 1. The Morgan fingerprint density at radius 1 is 1.57 bits per heavy atom. The summed E-state index contributed by atoms with van der Waals surface area (Å²) in [7, 11) is 0. The summed E-state index contributed by atoms with van der Waals surface area (Å²) in [6, 6.07) is 2.92. The molecule has 2 unspecified atom stereocenters. The summed E-state index contributed by atoms with van der Waals surface area (Å²) in [6.45, 7) is 7.06. The molecule has 1 heterocycles. The van der Waals surface area contributed by atoms with E-state index < -0.39 is 0 Å². The second kappa shape index (κ2) is 5.04. The molecule has 3 heteroatoms. The lowest BCUT2D eigenvalue weighted by atomic mass is 9.95. The third-order valence-corrected chi connectivity index (χ3v) is 4.09. The van der Waals surface area contributed by atoms with Crippen LogP contribution in [0.5, 0.6) is 0 Å². The van der Waals surface area contributed by atoms with Gasteiger partial charge in [0.15, 0.2) is 0 Å². The van der Waals surface area contributed by atoms with Crippen molar-refractivity contribution in [3.8, 4) is 6.07 Å². The molecule has 0 bridgehead atoms. The number of hydrogen-bond donors (Lipinski definition) is 1. The van der Waals surface area contributed by atoms with Crippen LogP contribution in [0, 0.1) is 16.7 Å². The maximum Gasteiger partial charge on any atom is 0.0697 e. The summed E-state index contributed by atoms with van der Waals surface area (Å²) in [5.41, 5.74) is -0.234. The van der Waals surface area contributed by atoms with Gasteiger partial charge >= 0.3 is 0 Å². The molecule has 1 saturated heterocycles. The fourth-order valence-electron chi connectivity index (χ4n) is 1.62. The Labute approximate surface area is 91.4 Å². The molecule has 1 aliphatic heterocycles. The fraction of sp³-hybridized carbons (Fsp3) is 0.909. The van der Waals surface area contributed by atoms with Crippen LogP contribution < -0.4 is 5.32 Å². The summed E-state index contributed by atoms with van der Waals surface area (Å²) in [5.74, 6) is 1.29. The number of hydrogen-bond acceptors (Lipinski definition) is 3. The first-order valence-corrected chi connectivity index (χ1v) is 6.36. The van der Waals surface area contributed by atoms with Crippen molar-refractivity contribution in [3.63, 3.8) is 0 Å². The van der Waals surface area contributed by atoms with Gasteiger partial charge in [0.2, 0.25) is 0 Å². The lowest BCUT2D eigenvalue weighted by molar-refractivity contribution is 0.379. The van der Waals surface area contributed by atoms with Crippen molar-refractivity contribution in [2.45, 2.75) is 44.9 Å². The summed E-state index contributed by atoms with van der Waals surface area (Å²) in [5, 5.41) is 13.1. The fourth-order valence-corrected chi connectivity index (χ4v) is 2.79. The van der Waals surface area contributed by atoms with Gasteiger partial charge in [-0.05, 0) is 32.4 Å². The van der Waals surface area contributed by atoms with Gasteiger partial charge in [0.1, 0.15) is 0 Å². The SMILES string of the molecule is CC1SCCCC1NCC(C)(C)C#N. The van der Waals surface area contributed by atoms with Crippen molar-refractivity contribution in [1.82, 2.24) is 5.32 Å². The third kappa shape index (κ3) is 3.51. The second-order valence-corrected chi connectivity index (χ2v) is 6.19. The van der Waals surface area contributed by atoms with Gasteiger partial charge in [-0.3, -0.25) is 0 Å². The van der Waals surface area contributed by atoms with Crippen LogP contribution in [0.4, 0.5) is 0 Å². The van der Waals surface area contributed by atoms with Gasteiger partial charge < -0.3 is 5.32 Å². The molecule has 0 aromatic heterocycles. The van der Waals surface area contributed by atoms with Crippen LogP contribution >= 0.6 is 11.8 Å². The molecule has 2 atom stereocenters. The van der Waals surface area contributed by atoms with Crippen LogP contribution in [0.25, 0.3) is 0 Å². The van der Waals surface area contributed by atoms with Crippen molar-refractivity contribution in [1.29, 1.82) is 5.26 Å². The molecule has 0 amide bonds. The van der Waals surface area contributed by atoms with E-state index in [-0.39, 0.29) is 5.41 Å². The molecule has 0 aromatic carbocycles. The first kappa shape index (κ1) is 11.9. The molecule has 0 radical (unpaired) electrons. The van der Waals surface area contributed by atoms with E-state index in [0.717, 1.165) is 6.54 Å². The normalized spacial score (nSPS) is 28.4. The van der Waals surface area contributed by atoms with E-state index in [1.807, 2.05) is 25.6 Å². The maximum absolute atomic E-state index is 8.89. The van der Waals surface area contributed by atoms with Gasteiger partial charge in [0.05, 0.1) is 11.5 Å². The predicted molar refractivity (Wildman–Crippen MR) is 62.3 cm³/mol. The second-order valence-electron chi connectivity index (χ2n) is 4.70. The van der Waals surface area contributed by atoms with Gasteiger partial charge in [-0.2, -0.15) is 17.0 Å². The molecular formula is C11H20N2S. The van der Waals surface area contributed by atoms with Crippen molar-refractivity contribution >= 4 is 11.8 Å². The van der Waals surface area contributed by atoms with Crippen LogP contribution in [-0.4, -0.2) is 23.6 Å². The molecule has 80 valence electrons. The molecule has 0 saturated carbocycles. The smallest absolute Gasteiger partial charge is 0.0697 e. The van der Waals surface area contributed by atoms with Crippen LogP contribution in [0.2, 0.25) is 0 Å². The molecule has 0 spiro atoms. The first-order valence-electron chi connectivity index (χ1n) is 5.31. The van der Waals surface area contributed by atoms with Gasteiger partial charge in [-0.15, -0.1) is 0 Å². The van der Waals surface area contributed by atoms with E-state index in [0.29, 0.717) is 11.3 Å². The zero-order valence-electron chi connectivity index (χ0n) is 9.34. The summed E-state index contributed by atoms with van der Waals surface area (Å²) in [4.78, 5) is 0. The lowest BCUT2D eigenvalue weighted by Gasteiger charge is -2.31. The van der Waals surface area contributed by atoms with Crippen molar-refractivity contribution in [2.75, 3.05) is 12.3 Å². The zero-order valence-corrected chi connectivity index (χ0v) is 10.2. The van der Waals surface area contributed by atoms with E-state index in [4.69, 9.17) is 5.26 Å². The molecular weight excluding hydrogens is 192 g/mol. The Morgan fingerprint density at radius 2 is 2.29 bits per heavy atom. The minimum absolute atomic E-state index is 0.234. The number of rotatable bonds is 3. The average Bonchev–Trinajstić information content (AvgIpc) is 2.17. The summed E-state index contributed by atoms with van der Waals surface area (Å²) >= 11 is 2.04. The van der Waals surface area contributed by atoms with Gasteiger partial charge in [0.25, 0.3) is 0 Å². The molecule has 1 aliphatic rings. The Bertz CT molecular complexity index is 220. The molecule has 1 fully saturated rings. The van der Waals surface area contributed by atoms with Gasteiger partial charge in [0, 0.05) is 17.8 Å². The number of nitrogens with zero attached hydrogens (tertiary/aromatic N) is 1. The highest BCUT2D eigenvalue weighted by Crippen LogP contribution is 2.25. The van der Waals surface area contributed by atoms with Crippen molar-refractivity contribution in [3.05, 3.63) is 0 Å². The number of thioether (sulfide) groups is 1. The van der Waals surface area contributed by atoms with Crippen LogP contribution in [0.1, 0.15) is 33.6 Å². The third-order valence-electron chi connectivity index (χ3n) is 2.72. The molecule has 0 aromatic rings. The Balaban J connectivity index is 2.33. The van der Waals surface area contributed by atoms with Crippen LogP contribution in [0.15, 0.2) is 0 Å². The average molecular weight is 212 g/mol. The standard InChI is InChI=1S/C11H20N2S/c1-9-10(5-4-6-14-9)13-8-11(2,3)7-12/h9-10,13H,4-6,8H2,1-3H3. The van der Waals surface area contributed by atoms with Gasteiger partial charge in [-0.1, -0.05) is 6.92 Å². The molecule has 0 aliphatic carbocycles. The Morgan fingerprint density at radius 3 is 2.86 bits per heavy atom.